The molecule has 1 heterocycles. The number of ether oxygens (including phenoxy) is 3. The maximum absolute atomic E-state index is 11.6. The summed E-state index contributed by atoms with van der Waals surface area (Å²) >= 11 is 0. The Bertz CT molecular complexity index is 803. The largest absolute Gasteiger partial charge is 0.462 e. The van der Waals surface area contributed by atoms with Gasteiger partial charge in [0.05, 0.1) is 6.10 Å². The predicted molar refractivity (Wildman–Crippen MR) is 111 cm³/mol. The van der Waals surface area contributed by atoms with E-state index in [1.807, 2.05) is 6.92 Å². The first-order chi connectivity index (χ1) is 14.1. The van der Waals surface area contributed by atoms with Gasteiger partial charge in [-0.15, -0.1) is 0 Å². The zero-order valence-electron chi connectivity index (χ0n) is 19.0. The second-order valence-electron chi connectivity index (χ2n) is 11.1. The van der Waals surface area contributed by atoms with Gasteiger partial charge in [-0.2, -0.15) is 0 Å². The highest BCUT2D eigenvalue weighted by Gasteiger charge is 2.79. The molecular formula is C25H36O5. The third kappa shape index (κ3) is 2.63. The molecule has 5 aliphatic rings. The van der Waals surface area contributed by atoms with Crippen molar-refractivity contribution in [1.29, 1.82) is 0 Å². The zero-order valence-corrected chi connectivity index (χ0v) is 19.0. The summed E-state index contributed by atoms with van der Waals surface area (Å²) in [6.07, 6.45) is 10.1. The minimum absolute atomic E-state index is 0.0487. The number of hydrogen-bond acceptors (Lipinski definition) is 5. The summed E-state index contributed by atoms with van der Waals surface area (Å²) in [6, 6.07) is 0. The van der Waals surface area contributed by atoms with E-state index in [-0.39, 0.29) is 46.7 Å². The smallest absolute Gasteiger partial charge is 0.302 e. The van der Waals surface area contributed by atoms with Crippen molar-refractivity contribution in [2.24, 2.45) is 28.6 Å². The Hall–Kier alpha value is -1.36. The summed E-state index contributed by atoms with van der Waals surface area (Å²) in [5.41, 5.74) is 1.53. The van der Waals surface area contributed by atoms with E-state index in [2.05, 4.69) is 19.9 Å². The van der Waals surface area contributed by atoms with Crippen molar-refractivity contribution in [3.63, 3.8) is 0 Å². The van der Waals surface area contributed by atoms with Gasteiger partial charge in [0.1, 0.15) is 17.8 Å². The summed E-state index contributed by atoms with van der Waals surface area (Å²) in [5, 5.41) is 0. The molecule has 5 rings (SSSR count). The zero-order chi connectivity index (χ0) is 21.5. The molecule has 5 heteroatoms. The molecule has 166 valence electrons. The van der Waals surface area contributed by atoms with Crippen LogP contribution < -0.4 is 0 Å². The van der Waals surface area contributed by atoms with Gasteiger partial charge in [0.2, 0.25) is 0 Å². The molecule has 0 aromatic heterocycles. The monoisotopic (exact) mass is 416 g/mol. The summed E-state index contributed by atoms with van der Waals surface area (Å²) in [4.78, 5) is 23.1. The van der Waals surface area contributed by atoms with Crippen LogP contribution in [0.3, 0.4) is 0 Å². The van der Waals surface area contributed by atoms with E-state index in [0.29, 0.717) is 17.8 Å². The number of esters is 2. The van der Waals surface area contributed by atoms with Crippen LogP contribution in [0, 0.1) is 28.6 Å². The molecule has 9 atom stereocenters. The third-order valence-electron chi connectivity index (χ3n) is 9.85. The lowest BCUT2D eigenvalue weighted by atomic mass is 9.47. The molecule has 4 fully saturated rings. The van der Waals surface area contributed by atoms with Crippen LogP contribution in [-0.2, 0) is 23.8 Å². The van der Waals surface area contributed by atoms with E-state index in [4.69, 9.17) is 14.2 Å². The lowest BCUT2D eigenvalue weighted by Gasteiger charge is -2.58. The van der Waals surface area contributed by atoms with Crippen molar-refractivity contribution in [2.45, 2.75) is 103 Å². The van der Waals surface area contributed by atoms with Crippen LogP contribution in [-0.4, -0.2) is 35.9 Å². The van der Waals surface area contributed by atoms with Gasteiger partial charge in [0.15, 0.2) is 0 Å². The second kappa shape index (κ2) is 6.57. The number of epoxide rings is 1. The molecular weight excluding hydrogens is 380 g/mol. The third-order valence-corrected chi connectivity index (χ3v) is 9.85. The number of rotatable bonds is 3. The number of carbonyl (C=O) groups excluding carboxylic acids is 2. The molecule has 0 unspecified atom stereocenters. The summed E-state index contributed by atoms with van der Waals surface area (Å²) in [5.74, 6) is 1.60. The molecule has 0 aromatic carbocycles. The lowest BCUT2D eigenvalue weighted by Crippen LogP contribution is -2.55. The maximum atomic E-state index is 11.6. The van der Waals surface area contributed by atoms with Crippen molar-refractivity contribution in [2.75, 3.05) is 0 Å². The van der Waals surface area contributed by atoms with E-state index in [0.717, 1.165) is 38.5 Å². The van der Waals surface area contributed by atoms with Crippen molar-refractivity contribution < 1.29 is 23.8 Å². The first kappa shape index (κ1) is 20.5. The molecule has 5 nitrogen and oxygen atoms in total. The van der Waals surface area contributed by atoms with Crippen molar-refractivity contribution >= 4 is 11.9 Å². The summed E-state index contributed by atoms with van der Waals surface area (Å²) in [7, 11) is 0. The Morgan fingerprint density at radius 2 is 1.90 bits per heavy atom. The van der Waals surface area contributed by atoms with Crippen LogP contribution in [0.25, 0.3) is 0 Å². The second-order valence-corrected chi connectivity index (χ2v) is 11.1. The topological polar surface area (TPSA) is 65.1 Å². The average Bonchev–Trinajstić information content (AvgIpc) is 3.33. The van der Waals surface area contributed by atoms with Gasteiger partial charge >= 0.3 is 11.9 Å². The van der Waals surface area contributed by atoms with Gasteiger partial charge in [-0.05, 0) is 68.6 Å². The van der Waals surface area contributed by atoms with Crippen LogP contribution in [0.5, 0.6) is 0 Å². The van der Waals surface area contributed by atoms with Crippen LogP contribution >= 0.6 is 0 Å². The fourth-order valence-electron chi connectivity index (χ4n) is 8.52. The van der Waals surface area contributed by atoms with Gasteiger partial charge in [0, 0.05) is 25.7 Å². The van der Waals surface area contributed by atoms with E-state index in [9.17, 15) is 9.59 Å². The Morgan fingerprint density at radius 3 is 2.60 bits per heavy atom. The van der Waals surface area contributed by atoms with Crippen molar-refractivity contribution in [3.8, 4) is 0 Å². The molecule has 0 aromatic rings. The molecule has 30 heavy (non-hydrogen) atoms. The van der Waals surface area contributed by atoms with Crippen LogP contribution in [0.4, 0.5) is 0 Å². The molecule has 0 N–H and O–H groups in total. The lowest BCUT2D eigenvalue weighted by molar-refractivity contribution is -0.159. The quantitative estimate of drug-likeness (QED) is 0.383. The Labute approximate surface area is 179 Å². The fourth-order valence-corrected chi connectivity index (χ4v) is 8.52. The molecule has 0 amide bonds. The molecule has 0 spiro atoms. The van der Waals surface area contributed by atoms with Gasteiger partial charge in [-0.25, -0.2) is 0 Å². The minimum Gasteiger partial charge on any atom is -0.462 e. The highest BCUT2D eigenvalue weighted by Crippen LogP contribution is 2.74. The van der Waals surface area contributed by atoms with Crippen LogP contribution in [0.1, 0.15) is 79.6 Å². The highest BCUT2D eigenvalue weighted by molar-refractivity contribution is 5.66. The number of carbonyl (C=O) groups is 2. The van der Waals surface area contributed by atoms with Gasteiger partial charge < -0.3 is 14.2 Å². The Kier molecular flexibility index (Phi) is 4.50. The minimum atomic E-state index is -0.286. The normalized spacial score (nSPS) is 49.5. The molecule has 3 saturated carbocycles. The Balaban J connectivity index is 1.40. The van der Waals surface area contributed by atoms with E-state index in [1.54, 1.807) is 0 Å². The van der Waals surface area contributed by atoms with E-state index < -0.39 is 0 Å². The summed E-state index contributed by atoms with van der Waals surface area (Å²) < 4.78 is 17.5. The number of fused-ring (bicyclic) bond motifs is 7. The molecule has 4 aliphatic carbocycles. The van der Waals surface area contributed by atoms with E-state index >= 15 is 0 Å². The first-order valence-corrected chi connectivity index (χ1v) is 11.8. The molecule has 1 aliphatic heterocycles. The number of allylic oxidation sites excluding steroid dienone is 1. The van der Waals surface area contributed by atoms with Crippen LogP contribution in [0.15, 0.2) is 11.6 Å². The SMILES string of the molecule is CC(=O)O[C@H]1CC[C@@]2(C)C(=CC[C@@H]3[C@@H]2CC[C@@]2(C)[C@H]3C[C@@H]3O[C@@]32[C@@H](C)OC(C)=O)C1. The predicted octanol–water partition coefficient (Wildman–Crippen LogP) is 4.58. The van der Waals surface area contributed by atoms with Crippen molar-refractivity contribution in [1.82, 2.24) is 0 Å². The highest BCUT2D eigenvalue weighted by atomic mass is 16.7. The average molecular weight is 417 g/mol. The first-order valence-electron chi connectivity index (χ1n) is 11.8. The van der Waals surface area contributed by atoms with Gasteiger partial charge in [-0.3, -0.25) is 9.59 Å². The number of hydrogen-bond donors (Lipinski definition) is 0. The van der Waals surface area contributed by atoms with Crippen molar-refractivity contribution in [3.05, 3.63) is 11.6 Å². The summed E-state index contributed by atoms with van der Waals surface area (Å²) in [6.45, 7) is 9.90. The molecule has 1 saturated heterocycles. The Morgan fingerprint density at radius 1 is 1.13 bits per heavy atom. The fraction of sp³-hybridized carbons (Fsp3) is 0.840. The maximum Gasteiger partial charge on any atom is 0.302 e. The van der Waals surface area contributed by atoms with Gasteiger partial charge in [-0.1, -0.05) is 25.5 Å². The van der Waals surface area contributed by atoms with Crippen LogP contribution in [0.2, 0.25) is 0 Å². The molecule has 0 radical (unpaired) electrons. The van der Waals surface area contributed by atoms with E-state index in [1.165, 1.54) is 25.8 Å². The molecule has 0 bridgehead atoms. The standard InChI is InChI=1S/C25H36O5/c1-14(28-15(2)26)25-22(30-25)13-21-19-7-6-17-12-18(29-16(3)27)8-10-23(17,4)20(19)9-11-24(21,25)5/h6,14,18-22H,7-13H2,1-5H3/t14-,18+,19-,20+,21+,22+,23+,24+,25+/m1/s1. The van der Waals surface area contributed by atoms with Gasteiger partial charge in [0.25, 0.3) is 0 Å².